The van der Waals surface area contributed by atoms with E-state index in [9.17, 15) is 34.2 Å². The number of amides is 3. The number of aliphatic carboxylic acids is 2. The summed E-state index contributed by atoms with van der Waals surface area (Å²) in [6.45, 7) is 3.71. The number of carbonyl (C=O) groups is 5. The number of aromatic nitrogens is 1. The molecule has 0 aliphatic rings. The van der Waals surface area contributed by atoms with Gasteiger partial charge in [-0.05, 0) is 42.4 Å². The summed E-state index contributed by atoms with van der Waals surface area (Å²) in [7, 11) is 0. The smallest absolute Gasteiger partial charge is 0.326 e. The molecule has 230 valence electrons. The molecule has 0 saturated heterocycles. The van der Waals surface area contributed by atoms with Crippen molar-refractivity contribution in [3.05, 3.63) is 71.9 Å². The largest absolute Gasteiger partial charge is 0.481 e. The number of carboxylic acids is 2. The van der Waals surface area contributed by atoms with Gasteiger partial charge in [0.05, 0.1) is 6.04 Å². The van der Waals surface area contributed by atoms with Gasteiger partial charge in [0.25, 0.3) is 0 Å². The van der Waals surface area contributed by atoms with Gasteiger partial charge in [0, 0.05) is 29.9 Å². The van der Waals surface area contributed by atoms with Crippen LogP contribution in [0.25, 0.3) is 10.9 Å². The van der Waals surface area contributed by atoms with E-state index in [4.69, 9.17) is 5.73 Å². The predicted molar refractivity (Wildman–Crippen MR) is 160 cm³/mol. The lowest BCUT2D eigenvalue weighted by Gasteiger charge is -2.26. The minimum absolute atomic E-state index is 0.0275. The monoisotopic (exact) mass is 593 g/mol. The third-order valence-electron chi connectivity index (χ3n) is 6.97. The summed E-state index contributed by atoms with van der Waals surface area (Å²) in [6, 6.07) is 11.8. The van der Waals surface area contributed by atoms with E-state index < -0.39 is 60.2 Å². The van der Waals surface area contributed by atoms with Crippen molar-refractivity contribution in [2.45, 2.75) is 70.1 Å². The summed E-state index contributed by atoms with van der Waals surface area (Å²) in [4.78, 5) is 66.0. The van der Waals surface area contributed by atoms with Crippen molar-refractivity contribution < 1.29 is 34.2 Å². The molecule has 0 aliphatic carbocycles. The van der Waals surface area contributed by atoms with E-state index in [-0.39, 0.29) is 31.6 Å². The summed E-state index contributed by atoms with van der Waals surface area (Å²) in [5, 5.41) is 27.5. The molecule has 0 spiro atoms. The van der Waals surface area contributed by atoms with Crippen LogP contribution in [-0.4, -0.2) is 69.0 Å². The van der Waals surface area contributed by atoms with Crippen molar-refractivity contribution in [3.63, 3.8) is 0 Å². The number of hydrogen-bond donors (Lipinski definition) is 7. The fraction of sp³-hybridized carbons (Fsp3) is 0.387. The first-order valence-electron chi connectivity index (χ1n) is 14.1. The molecule has 12 heteroatoms. The third-order valence-corrected chi connectivity index (χ3v) is 6.97. The predicted octanol–water partition coefficient (Wildman–Crippen LogP) is 1.73. The molecule has 1 heterocycles. The number of benzene rings is 2. The highest BCUT2D eigenvalue weighted by molar-refractivity contribution is 5.94. The van der Waals surface area contributed by atoms with Gasteiger partial charge in [0.15, 0.2) is 0 Å². The van der Waals surface area contributed by atoms with Crippen LogP contribution in [-0.2, 0) is 36.8 Å². The van der Waals surface area contributed by atoms with Crippen LogP contribution in [0.1, 0.15) is 44.2 Å². The van der Waals surface area contributed by atoms with E-state index in [1.807, 2.05) is 68.4 Å². The lowest BCUT2D eigenvalue weighted by Crippen LogP contribution is -2.57. The first-order valence-corrected chi connectivity index (χ1v) is 14.1. The molecule has 8 N–H and O–H groups in total. The Balaban J connectivity index is 1.73. The van der Waals surface area contributed by atoms with Crippen molar-refractivity contribution >= 4 is 40.6 Å². The summed E-state index contributed by atoms with van der Waals surface area (Å²) in [5.41, 5.74) is 8.42. The Morgan fingerprint density at radius 3 is 2.05 bits per heavy atom. The highest BCUT2D eigenvalue weighted by Crippen LogP contribution is 2.19. The highest BCUT2D eigenvalue weighted by Gasteiger charge is 2.31. The van der Waals surface area contributed by atoms with Crippen LogP contribution in [0.3, 0.4) is 0 Å². The minimum atomic E-state index is -1.36. The molecule has 0 bridgehead atoms. The Morgan fingerprint density at radius 2 is 1.40 bits per heavy atom. The molecule has 2 aromatic carbocycles. The lowest BCUT2D eigenvalue weighted by atomic mass is 10.0. The van der Waals surface area contributed by atoms with Crippen LogP contribution < -0.4 is 21.7 Å². The van der Waals surface area contributed by atoms with Crippen LogP contribution in [0.5, 0.6) is 0 Å². The molecule has 3 rings (SSSR count). The maximum atomic E-state index is 13.4. The zero-order valence-electron chi connectivity index (χ0n) is 24.2. The van der Waals surface area contributed by atoms with Gasteiger partial charge >= 0.3 is 11.9 Å². The molecular weight excluding hydrogens is 554 g/mol. The maximum Gasteiger partial charge on any atom is 0.326 e. The molecule has 3 aromatic rings. The molecular formula is C31H39N5O7. The van der Waals surface area contributed by atoms with Gasteiger partial charge in [-0.1, -0.05) is 62.4 Å². The molecule has 0 radical (unpaired) electrons. The normalized spacial score (nSPS) is 14.0. The van der Waals surface area contributed by atoms with Crippen LogP contribution in [0.15, 0.2) is 60.8 Å². The van der Waals surface area contributed by atoms with Gasteiger partial charge in [-0.15, -0.1) is 0 Å². The van der Waals surface area contributed by atoms with Crippen molar-refractivity contribution in [2.75, 3.05) is 0 Å². The number of H-pyrrole nitrogens is 1. The number of para-hydroxylation sites is 1. The molecule has 4 atom stereocenters. The van der Waals surface area contributed by atoms with E-state index in [0.29, 0.717) is 5.56 Å². The highest BCUT2D eigenvalue weighted by atomic mass is 16.4. The van der Waals surface area contributed by atoms with Crippen LogP contribution in [0, 0.1) is 5.92 Å². The fourth-order valence-corrected chi connectivity index (χ4v) is 4.74. The molecule has 4 unspecified atom stereocenters. The number of nitrogens with one attached hydrogen (secondary N) is 4. The van der Waals surface area contributed by atoms with E-state index >= 15 is 0 Å². The second-order valence-corrected chi connectivity index (χ2v) is 10.9. The molecule has 3 amide bonds. The molecule has 1 aromatic heterocycles. The summed E-state index contributed by atoms with van der Waals surface area (Å²) >= 11 is 0. The number of aromatic amines is 1. The number of nitrogens with two attached hydrogens (primary N) is 1. The van der Waals surface area contributed by atoms with Gasteiger partial charge in [-0.25, -0.2) is 4.79 Å². The standard InChI is InChI=1S/C31H39N5O7/c1-18(2)14-25(35-28(39)22(32)15-19-8-4-3-5-9-19)30(41)34-24(12-13-27(37)38)29(40)36-26(31(42)43)16-20-17-33-23-11-7-6-10-21(20)23/h3-11,17-18,22,24-26,33H,12-16,32H2,1-2H3,(H,34,41)(H,35,39)(H,36,40)(H,37,38)(H,42,43). The third kappa shape index (κ3) is 9.96. The van der Waals surface area contributed by atoms with E-state index in [0.717, 1.165) is 16.5 Å². The summed E-state index contributed by atoms with van der Waals surface area (Å²) in [5.74, 6) is -4.62. The average molecular weight is 594 g/mol. The minimum Gasteiger partial charge on any atom is -0.481 e. The molecule has 12 nitrogen and oxygen atoms in total. The Bertz CT molecular complexity index is 1420. The number of rotatable bonds is 16. The lowest BCUT2D eigenvalue weighted by molar-refractivity contribution is -0.143. The van der Waals surface area contributed by atoms with Gasteiger partial charge in [0.1, 0.15) is 18.1 Å². The molecule has 0 aliphatic heterocycles. The average Bonchev–Trinajstić information content (AvgIpc) is 3.37. The van der Waals surface area contributed by atoms with E-state index in [2.05, 4.69) is 20.9 Å². The SMILES string of the molecule is CC(C)CC(NC(=O)C(N)Cc1ccccc1)C(=O)NC(CCC(=O)O)C(=O)NC(Cc1c[nH]c2ccccc12)C(=O)O. The zero-order chi connectivity index (χ0) is 31.5. The number of hydrogen-bond acceptors (Lipinski definition) is 6. The second kappa shape index (κ2) is 15.5. The number of carbonyl (C=O) groups excluding carboxylic acids is 3. The van der Waals surface area contributed by atoms with Crippen molar-refractivity contribution in [3.8, 4) is 0 Å². The van der Waals surface area contributed by atoms with Gasteiger partial charge in [0.2, 0.25) is 17.7 Å². The Morgan fingerprint density at radius 1 is 0.791 bits per heavy atom. The van der Waals surface area contributed by atoms with Gasteiger partial charge in [-0.3, -0.25) is 19.2 Å². The summed E-state index contributed by atoms with van der Waals surface area (Å²) < 4.78 is 0. The first kappa shape index (κ1) is 32.8. The van der Waals surface area contributed by atoms with Gasteiger partial charge in [-0.2, -0.15) is 0 Å². The maximum absolute atomic E-state index is 13.4. The zero-order valence-corrected chi connectivity index (χ0v) is 24.2. The van der Waals surface area contributed by atoms with Gasteiger partial charge < -0.3 is 36.9 Å². The van der Waals surface area contributed by atoms with E-state index in [1.54, 1.807) is 6.20 Å². The van der Waals surface area contributed by atoms with E-state index in [1.165, 1.54) is 0 Å². The van der Waals surface area contributed by atoms with Crippen LogP contribution in [0.2, 0.25) is 0 Å². The fourth-order valence-electron chi connectivity index (χ4n) is 4.74. The second-order valence-electron chi connectivity index (χ2n) is 10.9. The molecule has 0 fully saturated rings. The van der Waals surface area contributed by atoms with Crippen LogP contribution in [0.4, 0.5) is 0 Å². The number of carboxylic acid groups (broad SMARTS) is 2. The quantitative estimate of drug-likeness (QED) is 0.130. The number of fused-ring (bicyclic) bond motifs is 1. The first-order chi connectivity index (χ1) is 20.4. The molecule has 43 heavy (non-hydrogen) atoms. The van der Waals surface area contributed by atoms with Crippen molar-refractivity contribution in [1.82, 2.24) is 20.9 Å². The van der Waals surface area contributed by atoms with Crippen molar-refractivity contribution in [2.24, 2.45) is 11.7 Å². The van der Waals surface area contributed by atoms with Crippen molar-refractivity contribution in [1.29, 1.82) is 0 Å². The Kier molecular flexibility index (Phi) is 11.8. The topological polar surface area (TPSA) is 204 Å². The summed E-state index contributed by atoms with van der Waals surface area (Å²) in [6.07, 6.45) is 1.35. The van der Waals surface area contributed by atoms with Crippen LogP contribution >= 0.6 is 0 Å². The molecule has 0 saturated carbocycles. The Labute approximate surface area is 249 Å². The Hall–Kier alpha value is -4.71.